The van der Waals surface area contributed by atoms with Gasteiger partial charge in [-0.1, -0.05) is 18.2 Å². The van der Waals surface area contributed by atoms with Gasteiger partial charge in [-0.2, -0.15) is 5.10 Å². The molecule has 0 atom stereocenters. The van der Waals surface area contributed by atoms with Crippen molar-refractivity contribution in [2.75, 3.05) is 18.0 Å². The van der Waals surface area contributed by atoms with E-state index in [1.807, 2.05) is 25.1 Å². The lowest BCUT2D eigenvalue weighted by Gasteiger charge is -2.20. The average Bonchev–Trinajstić information content (AvgIpc) is 2.95. The molecule has 0 unspecified atom stereocenters. The number of allylic oxidation sites excluding steroid dienone is 1. The third kappa shape index (κ3) is 4.10. The second kappa shape index (κ2) is 8.11. The lowest BCUT2D eigenvalue weighted by Crippen LogP contribution is -2.21. The van der Waals surface area contributed by atoms with Crippen LogP contribution in [0.1, 0.15) is 36.8 Å². The second-order valence-electron chi connectivity index (χ2n) is 5.12. The van der Waals surface area contributed by atoms with Crippen molar-refractivity contribution in [1.82, 2.24) is 9.78 Å². The summed E-state index contributed by atoms with van der Waals surface area (Å²) in [5.41, 5.74) is 2.79. The number of carbonyl (C=O) groups is 1. The topological polar surface area (TPSA) is 38.1 Å². The van der Waals surface area contributed by atoms with Crippen LogP contribution in [0, 0.1) is 0 Å². The molecule has 2 rings (SSSR count). The maximum absolute atomic E-state index is 12.4. The zero-order valence-corrected chi connectivity index (χ0v) is 15.4. The molecular formula is C18H22BrN3O. The quantitative estimate of drug-likeness (QED) is 0.531. The van der Waals surface area contributed by atoms with Gasteiger partial charge in [-0.15, -0.1) is 0 Å². The summed E-state index contributed by atoms with van der Waals surface area (Å²) in [6, 6.07) is 8.24. The van der Waals surface area contributed by atoms with Gasteiger partial charge in [0.05, 0.1) is 10.7 Å². The average molecular weight is 376 g/mol. The van der Waals surface area contributed by atoms with E-state index in [-0.39, 0.29) is 5.78 Å². The van der Waals surface area contributed by atoms with Gasteiger partial charge in [0, 0.05) is 25.3 Å². The molecule has 0 aliphatic heterocycles. The zero-order valence-electron chi connectivity index (χ0n) is 13.8. The maximum Gasteiger partial charge on any atom is 0.205 e. The van der Waals surface area contributed by atoms with Crippen molar-refractivity contribution in [3.8, 4) is 0 Å². The minimum absolute atomic E-state index is 0.0518. The summed E-state index contributed by atoms with van der Waals surface area (Å²) < 4.78 is 2.42. The molecule has 4 nitrogen and oxygen atoms in total. The molecule has 5 heteroatoms. The maximum atomic E-state index is 12.4. The highest BCUT2D eigenvalue weighted by molar-refractivity contribution is 9.10. The molecule has 0 spiro atoms. The molecule has 23 heavy (non-hydrogen) atoms. The molecule has 1 aromatic heterocycles. The SMILES string of the molecule is CCN(CC)c1ccc(/C=C/C(=O)c2c(Br)cnn2CC)cc1. The summed E-state index contributed by atoms with van der Waals surface area (Å²) in [6.07, 6.45) is 5.09. The van der Waals surface area contributed by atoms with Crippen LogP contribution >= 0.6 is 15.9 Å². The van der Waals surface area contributed by atoms with E-state index in [1.54, 1.807) is 17.0 Å². The van der Waals surface area contributed by atoms with Crippen LogP contribution in [0.3, 0.4) is 0 Å². The van der Waals surface area contributed by atoms with Crippen molar-refractivity contribution in [1.29, 1.82) is 0 Å². The first-order chi connectivity index (χ1) is 11.1. The number of anilines is 1. The van der Waals surface area contributed by atoms with Gasteiger partial charge in [0.25, 0.3) is 0 Å². The number of carbonyl (C=O) groups excluding carboxylic acids is 1. The first kappa shape index (κ1) is 17.5. The molecule has 0 aliphatic carbocycles. The van der Waals surface area contributed by atoms with E-state index in [1.165, 1.54) is 5.69 Å². The highest BCUT2D eigenvalue weighted by Gasteiger charge is 2.13. The molecule has 0 amide bonds. The van der Waals surface area contributed by atoms with Crippen LogP contribution < -0.4 is 4.90 Å². The number of aryl methyl sites for hydroxylation is 1. The third-order valence-corrected chi connectivity index (χ3v) is 4.36. The number of rotatable bonds is 7. The fourth-order valence-electron chi connectivity index (χ4n) is 2.48. The van der Waals surface area contributed by atoms with E-state index in [0.29, 0.717) is 12.2 Å². The summed E-state index contributed by atoms with van der Waals surface area (Å²) in [5, 5.41) is 4.17. The summed E-state index contributed by atoms with van der Waals surface area (Å²) in [7, 11) is 0. The third-order valence-electron chi connectivity index (χ3n) is 3.78. The second-order valence-corrected chi connectivity index (χ2v) is 5.97. The van der Waals surface area contributed by atoms with Gasteiger partial charge in [-0.25, -0.2) is 0 Å². The smallest absolute Gasteiger partial charge is 0.205 e. The van der Waals surface area contributed by atoms with Gasteiger partial charge >= 0.3 is 0 Å². The van der Waals surface area contributed by atoms with Gasteiger partial charge in [0.15, 0.2) is 0 Å². The summed E-state index contributed by atoms with van der Waals surface area (Å²) in [6.45, 7) is 8.89. The number of halogens is 1. The van der Waals surface area contributed by atoms with Crippen LogP contribution in [0.2, 0.25) is 0 Å². The normalized spacial score (nSPS) is 11.1. The van der Waals surface area contributed by atoms with Crippen LogP contribution in [0.4, 0.5) is 5.69 Å². The predicted molar refractivity (Wildman–Crippen MR) is 99.0 cm³/mol. The lowest BCUT2D eigenvalue weighted by atomic mass is 10.1. The highest BCUT2D eigenvalue weighted by atomic mass is 79.9. The Hall–Kier alpha value is -1.88. The molecule has 1 heterocycles. The van der Waals surface area contributed by atoms with Crippen LogP contribution in [0.5, 0.6) is 0 Å². The fraction of sp³-hybridized carbons (Fsp3) is 0.333. The Morgan fingerprint density at radius 1 is 1.22 bits per heavy atom. The van der Waals surface area contributed by atoms with E-state index in [9.17, 15) is 4.79 Å². The number of ketones is 1. The molecule has 0 saturated heterocycles. The Morgan fingerprint density at radius 3 is 2.43 bits per heavy atom. The van der Waals surface area contributed by atoms with Crippen LogP contribution in [-0.2, 0) is 6.54 Å². The Balaban J connectivity index is 2.13. The number of hydrogen-bond donors (Lipinski definition) is 0. The van der Waals surface area contributed by atoms with E-state index in [0.717, 1.165) is 23.1 Å². The standard InChI is InChI=1S/C18H22BrN3O/c1-4-21(5-2)15-10-7-14(8-11-15)9-12-17(23)18-16(19)13-20-22(18)6-3/h7-13H,4-6H2,1-3H3/b12-9+. The van der Waals surface area contributed by atoms with Crippen molar-refractivity contribution in [2.45, 2.75) is 27.3 Å². The predicted octanol–water partition coefficient (Wildman–Crippen LogP) is 4.41. The van der Waals surface area contributed by atoms with Crippen LogP contribution in [0.15, 0.2) is 41.0 Å². The molecule has 0 aliphatic rings. The highest BCUT2D eigenvalue weighted by Crippen LogP contribution is 2.19. The van der Waals surface area contributed by atoms with Gasteiger partial charge in [0.2, 0.25) is 5.78 Å². The molecule has 0 saturated carbocycles. The fourth-order valence-corrected chi connectivity index (χ4v) is 2.97. The minimum atomic E-state index is -0.0518. The zero-order chi connectivity index (χ0) is 16.8. The van der Waals surface area contributed by atoms with E-state index in [2.05, 4.69) is 51.9 Å². The van der Waals surface area contributed by atoms with E-state index >= 15 is 0 Å². The lowest BCUT2D eigenvalue weighted by molar-refractivity contribution is 0.103. The molecule has 0 N–H and O–H groups in total. The first-order valence-electron chi connectivity index (χ1n) is 7.89. The van der Waals surface area contributed by atoms with Crippen molar-refractivity contribution in [2.24, 2.45) is 0 Å². The first-order valence-corrected chi connectivity index (χ1v) is 8.68. The molecule has 0 fully saturated rings. The number of benzene rings is 1. The van der Waals surface area contributed by atoms with Crippen LogP contribution in [0.25, 0.3) is 6.08 Å². The summed E-state index contributed by atoms with van der Waals surface area (Å²) >= 11 is 3.38. The molecular weight excluding hydrogens is 354 g/mol. The Labute approximate surface area is 145 Å². The van der Waals surface area contributed by atoms with Gasteiger partial charge < -0.3 is 4.90 Å². The largest absolute Gasteiger partial charge is 0.372 e. The molecule has 0 bridgehead atoms. The summed E-state index contributed by atoms with van der Waals surface area (Å²) in [5.74, 6) is -0.0518. The summed E-state index contributed by atoms with van der Waals surface area (Å²) in [4.78, 5) is 14.6. The Kier molecular flexibility index (Phi) is 6.16. The van der Waals surface area contributed by atoms with Crippen LogP contribution in [-0.4, -0.2) is 28.7 Å². The van der Waals surface area contributed by atoms with Gasteiger partial charge in [0.1, 0.15) is 5.69 Å². The molecule has 122 valence electrons. The molecule has 1 aromatic carbocycles. The molecule has 0 radical (unpaired) electrons. The Bertz CT molecular complexity index is 685. The van der Waals surface area contributed by atoms with E-state index < -0.39 is 0 Å². The van der Waals surface area contributed by atoms with Crippen molar-refractivity contribution >= 4 is 33.5 Å². The number of nitrogens with zero attached hydrogens (tertiary/aromatic N) is 3. The minimum Gasteiger partial charge on any atom is -0.372 e. The number of aromatic nitrogens is 2. The number of hydrogen-bond acceptors (Lipinski definition) is 3. The molecule has 2 aromatic rings. The van der Waals surface area contributed by atoms with Crippen molar-refractivity contribution in [3.05, 3.63) is 52.3 Å². The van der Waals surface area contributed by atoms with Crippen molar-refractivity contribution < 1.29 is 4.79 Å². The van der Waals surface area contributed by atoms with Gasteiger partial charge in [-0.3, -0.25) is 9.48 Å². The van der Waals surface area contributed by atoms with E-state index in [4.69, 9.17) is 0 Å². The monoisotopic (exact) mass is 375 g/mol. The van der Waals surface area contributed by atoms with Crippen molar-refractivity contribution in [3.63, 3.8) is 0 Å². The van der Waals surface area contributed by atoms with Gasteiger partial charge in [-0.05, 0) is 60.5 Å². The Morgan fingerprint density at radius 2 is 1.87 bits per heavy atom.